The maximum atomic E-state index is 6.42. The molecule has 69 heavy (non-hydrogen) atoms. The van der Waals surface area contributed by atoms with Crippen LogP contribution in [0.2, 0.25) is 0 Å². The smallest absolute Gasteiger partial charge is 0.179 e. The second-order valence-corrected chi connectivity index (χ2v) is 21.9. The Morgan fingerprint density at radius 2 is 0.623 bits per heavy atom. The molecule has 2 nitrogen and oxygen atoms in total. The second kappa shape index (κ2) is 16.8. The van der Waals surface area contributed by atoms with Crippen LogP contribution in [-0.4, -0.2) is 8.07 Å². The van der Waals surface area contributed by atoms with Crippen LogP contribution in [0.3, 0.4) is 0 Å². The molecule has 0 aliphatic heterocycles. The molecule has 13 aromatic rings. The zero-order valence-electron chi connectivity index (χ0n) is 37.8. The molecule has 0 unspecified atom stereocenters. The van der Waals surface area contributed by atoms with Crippen LogP contribution in [0.4, 0.5) is 17.1 Å². The first-order chi connectivity index (χ1) is 34.2. The van der Waals surface area contributed by atoms with Crippen molar-refractivity contribution < 1.29 is 4.42 Å². The maximum absolute atomic E-state index is 6.42. The second-order valence-electron chi connectivity index (χ2n) is 18.1. The first-order valence-electron chi connectivity index (χ1n) is 23.7. The lowest BCUT2D eigenvalue weighted by molar-refractivity contribution is 0.669. The summed E-state index contributed by atoms with van der Waals surface area (Å²) in [5.74, 6) is 0. The van der Waals surface area contributed by atoms with Gasteiger partial charge in [-0.1, -0.05) is 224 Å². The van der Waals surface area contributed by atoms with Gasteiger partial charge in [0.15, 0.2) is 8.07 Å². The van der Waals surface area contributed by atoms with Crippen molar-refractivity contribution in [2.24, 2.45) is 0 Å². The fourth-order valence-electron chi connectivity index (χ4n) is 10.7. The number of anilines is 3. The summed E-state index contributed by atoms with van der Waals surface area (Å²) < 4.78 is 6.42. The minimum absolute atomic E-state index is 0.868. The predicted octanol–water partition coefficient (Wildman–Crippen LogP) is 15.2. The summed E-state index contributed by atoms with van der Waals surface area (Å²) in [7, 11) is -2.95. The van der Waals surface area contributed by atoms with Crippen molar-refractivity contribution in [1.29, 1.82) is 0 Å². The van der Waals surface area contributed by atoms with Gasteiger partial charge in [0.05, 0.1) is 0 Å². The largest absolute Gasteiger partial charge is 0.456 e. The number of nitrogens with zero attached hydrogens (tertiary/aromatic N) is 1. The normalized spacial score (nSPS) is 11.8. The van der Waals surface area contributed by atoms with Crippen LogP contribution >= 0.6 is 0 Å². The van der Waals surface area contributed by atoms with Gasteiger partial charge in [0, 0.05) is 33.9 Å². The summed E-state index contributed by atoms with van der Waals surface area (Å²) in [6, 6.07) is 101. The summed E-state index contributed by atoms with van der Waals surface area (Å²) in [6.45, 7) is 0. The van der Waals surface area contributed by atoms with Crippen LogP contribution in [0.1, 0.15) is 0 Å². The van der Waals surface area contributed by atoms with E-state index in [0.29, 0.717) is 0 Å². The highest BCUT2D eigenvalue weighted by Gasteiger charge is 2.42. The third-order valence-electron chi connectivity index (χ3n) is 14.2. The number of fused-ring (bicyclic) bond motifs is 6. The number of rotatable bonds is 9. The third kappa shape index (κ3) is 7.11. The van der Waals surface area contributed by atoms with E-state index in [9.17, 15) is 0 Å². The van der Waals surface area contributed by atoms with Gasteiger partial charge in [0.2, 0.25) is 0 Å². The van der Waals surface area contributed by atoms with Gasteiger partial charge in [-0.05, 0) is 118 Å². The summed E-state index contributed by atoms with van der Waals surface area (Å²) in [5.41, 5.74) is 9.63. The Morgan fingerprint density at radius 1 is 0.246 bits per heavy atom. The summed E-state index contributed by atoms with van der Waals surface area (Å²) in [4.78, 5) is 2.32. The minimum atomic E-state index is -2.95. The summed E-state index contributed by atoms with van der Waals surface area (Å²) in [6.07, 6.45) is 0. The fraction of sp³-hybridized carbons (Fsp3) is 0. The molecule has 0 spiro atoms. The van der Waals surface area contributed by atoms with Crippen molar-refractivity contribution in [2.75, 3.05) is 4.90 Å². The van der Waals surface area contributed by atoms with E-state index < -0.39 is 8.07 Å². The van der Waals surface area contributed by atoms with Crippen molar-refractivity contribution in [1.82, 2.24) is 0 Å². The summed E-state index contributed by atoms with van der Waals surface area (Å²) in [5, 5.41) is 15.2. The Hall–Kier alpha value is -8.76. The number of hydrogen-bond donors (Lipinski definition) is 0. The van der Waals surface area contributed by atoms with E-state index in [1.54, 1.807) is 0 Å². The van der Waals surface area contributed by atoms with Crippen molar-refractivity contribution in [3.05, 3.63) is 273 Å². The van der Waals surface area contributed by atoms with Crippen LogP contribution in [0, 0.1) is 0 Å². The molecule has 0 aliphatic carbocycles. The average molecular weight is 896 g/mol. The number of hydrogen-bond acceptors (Lipinski definition) is 2. The molecule has 0 radical (unpaired) electrons. The van der Waals surface area contributed by atoms with E-state index in [1.807, 2.05) is 12.1 Å². The molecule has 0 saturated heterocycles. The molecule has 0 aliphatic rings. The van der Waals surface area contributed by atoms with Crippen molar-refractivity contribution in [3.63, 3.8) is 0 Å². The number of para-hydroxylation sites is 1. The van der Waals surface area contributed by atoms with E-state index in [0.717, 1.165) is 44.6 Å². The zero-order chi connectivity index (χ0) is 45.7. The maximum Gasteiger partial charge on any atom is 0.179 e. The molecule has 1 aromatic heterocycles. The highest BCUT2D eigenvalue weighted by atomic mass is 28.3. The number of furan rings is 1. The highest BCUT2D eigenvalue weighted by molar-refractivity contribution is 7.20. The topological polar surface area (TPSA) is 16.4 Å². The lowest BCUT2D eigenvalue weighted by Gasteiger charge is -2.35. The van der Waals surface area contributed by atoms with Gasteiger partial charge in [-0.3, -0.25) is 0 Å². The van der Waals surface area contributed by atoms with E-state index in [2.05, 4.69) is 266 Å². The molecule has 12 aromatic carbocycles. The molecule has 324 valence electrons. The van der Waals surface area contributed by atoms with Gasteiger partial charge >= 0.3 is 0 Å². The molecule has 0 fully saturated rings. The molecule has 0 saturated carbocycles. The Balaban J connectivity index is 0.934. The Bertz CT molecular complexity index is 3810. The van der Waals surface area contributed by atoms with Crippen molar-refractivity contribution >= 4 is 100 Å². The highest BCUT2D eigenvalue weighted by Crippen LogP contribution is 2.40. The fourth-order valence-corrected chi connectivity index (χ4v) is 15.5. The van der Waals surface area contributed by atoms with Crippen molar-refractivity contribution in [3.8, 4) is 22.3 Å². The van der Waals surface area contributed by atoms with Crippen molar-refractivity contribution in [2.45, 2.75) is 0 Å². The Labute approximate surface area is 402 Å². The lowest BCUT2D eigenvalue weighted by Crippen LogP contribution is -2.74. The predicted molar refractivity (Wildman–Crippen MR) is 295 cm³/mol. The first-order valence-corrected chi connectivity index (χ1v) is 25.7. The molecular weight excluding hydrogens is 851 g/mol. The van der Waals surface area contributed by atoms with Gasteiger partial charge in [-0.25, -0.2) is 0 Å². The van der Waals surface area contributed by atoms with E-state index in [4.69, 9.17) is 4.42 Å². The van der Waals surface area contributed by atoms with Crippen LogP contribution in [0.5, 0.6) is 0 Å². The van der Waals surface area contributed by atoms with Gasteiger partial charge in [0.1, 0.15) is 11.2 Å². The van der Waals surface area contributed by atoms with Crippen LogP contribution in [0.15, 0.2) is 277 Å². The van der Waals surface area contributed by atoms with E-state index in [-0.39, 0.29) is 0 Å². The third-order valence-corrected chi connectivity index (χ3v) is 18.9. The van der Waals surface area contributed by atoms with E-state index >= 15 is 0 Å². The monoisotopic (exact) mass is 895 g/mol. The molecule has 3 heteroatoms. The first kappa shape index (κ1) is 40.5. The lowest BCUT2D eigenvalue weighted by atomic mass is 10.0. The van der Waals surface area contributed by atoms with E-state index in [1.165, 1.54) is 69.8 Å². The van der Waals surface area contributed by atoms with Gasteiger partial charge < -0.3 is 9.32 Å². The zero-order valence-corrected chi connectivity index (χ0v) is 38.8. The van der Waals surface area contributed by atoms with Gasteiger partial charge in [-0.2, -0.15) is 0 Å². The summed E-state index contributed by atoms with van der Waals surface area (Å²) >= 11 is 0. The van der Waals surface area contributed by atoms with Gasteiger partial charge in [-0.15, -0.1) is 0 Å². The number of benzene rings is 12. The molecule has 0 N–H and O–H groups in total. The van der Waals surface area contributed by atoms with Crippen LogP contribution in [0.25, 0.3) is 76.5 Å². The molecule has 13 rings (SSSR count). The molecule has 1 heterocycles. The molecule has 0 bridgehead atoms. The standard InChI is InChI=1S/C66H45NOSi/c1-2-12-46(13-3-1)50-22-31-56(32-23-50)67(58-35-41-64-63-20-10-11-21-65(63)68-66(64)45-58)57-33-24-51(25-34-57)52-26-36-59(37-27-52)69(60-38-28-47-14-4-7-17-53(47)42-60,61-39-29-48-15-5-8-18-54(48)43-61)62-40-30-49-16-6-9-19-55(49)44-62/h1-45H. The quantitative estimate of drug-likeness (QED) is 0.106. The molecular formula is C66H45NOSi. The van der Waals surface area contributed by atoms with Crippen LogP contribution < -0.4 is 25.6 Å². The van der Waals surface area contributed by atoms with Crippen LogP contribution in [-0.2, 0) is 0 Å². The Morgan fingerprint density at radius 3 is 1.13 bits per heavy atom. The molecule has 0 atom stereocenters. The Kier molecular flexibility index (Phi) is 9.88. The minimum Gasteiger partial charge on any atom is -0.456 e. The average Bonchev–Trinajstić information content (AvgIpc) is 3.80. The molecule has 0 amide bonds. The van der Waals surface area contributed by atoms with Gasteiger partial charge in [0.25, 0.3) is 0 Å². The SMILES string of the molecule is c1ccc(-c2ccc(N(c3ccc(-c4ccc([Si](c5ccc6ccccc6c5)(c5ccc6ccccc6c5)c5ccc6ccccc6c5)cc4)cc3)c3ccc4c(c3)oc3ccccc34)cc2)cc1.